The zero-order chi connectivity index (χ0) is 12.8. The Kier molecular flexibility index (Phi) is 4.99. The number of hydrogen-bond acceptors (Lipinski definition) is 3. The minimum absolute atomic E-state index is 0.240. The third-order valence-corrected chi connectivity index (χ3v) is 3.24. The summed E-state index contributed by atoms with van der Waals surface area (Å²) in [4.78, 5) is 16.9. The van der Waals surface area contributed by atoms with E-state index in [4.69, 9.17) is 16.4 Å². The number of nitrogens with one attached hydrogen (secondary N) is 2. The number of hydroxylamine groups is 1. The fraction of sp³-hybridized carbons (Fsp3) is 0.462. The van der Waals surface area contributed by atoms with E-state index < -0.39 is 0 Å². The second-order valence-corrected chi connectivity index (χ2v) is 4.90. The average molecular weight is 269 g/mol. The van der Waals surface area contributed by atoms with E-state index in [1.165, 1.54) is 6.42 Å². The molecule has 4 nitrogen and oxygen atoms in total. The maximum absolute atomic E-state index is 11.7. The zero-order valence-electron chi connectivity index (χ0n) is 10.1. The topological polar surface area (TPSA) is 50.4 Å². The highest BCUT2D eigenvalue weighted by molar-refractivity contribution is 6.30. The predicted octanol–water partition coefficient (Wildman–Crippen LogP) is 2.00. The molecular weight excluding hydrogens is 252 g/mol. The lowest BCUT2D eigenvalue weighted by Gasteiger charge is -2.22. The summed E-state index contributed by atoms with van der Waals surface area (Å²) in [5.41, 5.74) is 3.00. The largest absolute Gasteiger partial charge is 0.316 e. The highest BCUT2D eigenvalue weighted by Gasteiger charge is 2.13. The monoisotopic (exact) mass is 268 g/mol. The summed E-state index contributed by atoms with van der Waals surface area (Å²) < 4.78 is 0. The number of halogens is 1. The summed E-state index contributed by atoms with van der Waals surface area (Å²) in [5, 5.41) is 3.92. The normalized spacial score (nSPS) is 19.5. The van der Waals surface area contributed by atoms with Crippen LogP contribution in [-0.2, 0) is 4.84 Å². The molecular formula is C13H17ClN2O2. The van der Waals surface area contributed by atoms with Crippen LogP contribution in [0.2, 0.25) is 5.02 Å². The lowest BCUT2D eigenvalue weighted by molar-refractivity contribution is 0.0128. The molecule has 0 aliphatic carbocycles. The van der Waals surface area contributed by atoms with Gasteiger partial charge in [-0.25, -0.2) is 5.48 Å². The van der Waals surface area contributed by atoms with Crippen LogP contribution in [0.4, 0.5) is 0 Å². The highest BCUT2D eigenvalue weighted by atomic mass is 35.5. The minimum Gasteiger partial charge on any atom is -0.316 e. The van der Waals surface area contributed by atoms with Gasteiger partial charge in [0.05, 0.1) is 6.61 Å². The van der Waals surface area contributed by atoms with Gasteiger partial charge >= 0.3 is 0 Å². The van der Waals surface area contributed by atoms with E-state index in [-0.39, 0.29) is 5.91 Å². The van der Waals surface area contributed by atoms with Crippen LogP contribution in [0.1, 0.15) is 23.2 Å². The van der Waals surface area contributed by atoms with Gasteiger partial charge in [-0.15, -0.1) is 0 Å². The Morgan fingerprint density at radius 2 is 2.22 bits per heavy atom. The number of rotatable bonds is 4. The van der Waals surface area contributed by atoms with E-state index in [0.29, 0.717) is 23.1 Å². The summed E-state index contributed by atoms with van der Waals surface area (Å²) in [5.74, 6) is 0.236. The molecule has 98 valence electrons. The standard InChI is InChI=1S/C13H17ClN2O2/c14-12-5-3-11(4-6-12)13(17)16-18-9-10-2-1-7-15-8-10/h3-6,10,15H,1-2,7-9H2,(H,16,17). The fourth-order valence-corrected chi connectivity index (χ4v) is 2.08. The van der Waals surface area contributed by atoms with Crippen molar-refractivity contribution in [3.05, 3.63) is 34.9 Å². The van der Waals surface area contributed by atoms with Crippen molar-refractivity contribution in [1.29, 1.82) is 0 Å². The summed E-state index contributed by atoms with van der Waals surface area (Å²) in [6.45, 7) is 2.58. The summed E-state index contributed by atoms with van der Waals surface area (Å²) in [6, 6.07) is 6.70. The van der Waals surface area contributed by atoms with Crippen LogP contribution in [0, 0.1) is 5.92 Å². The number of carbonyl (C=O) groups excluding carboxylic acids is 1. The predicted molar refractivity (Wildman–Crippen MR) is 70.5 cm³/mol. The van der Waals surface area contributed by atoms with Crippen LogP contribution in [0.3, 0.4) is 0 Å². The van der Waals surface area contributed by atoms with Crippen molar-refractivity contribution in [2.75, 3.05) is 19.7 Å². The molecule has 1 aromatic carbocycles. The molecule has 0 bridgehead atoms. The molecule has 0 radical (unpaired) electrons. The van der Waals surface area contributed by atoms with Crippen LogP contribution in [0.15, 0.2) is 24.3 Å². The van der Waals surface area contributed by atoms with E-state index in [0.717, 1.165) is 19.5 Å². The molecule has 2 N–H and O–H groups in total. The van der Waals surface area contributed by atoms with Gasteiger partial charge in [-0.3, -0.25) is 9.63 Å². The number of carbonyl (C=O) groups is 1. The van der Waals surface area contributed by atoms with E-state index >= 15 is 0 Å². The van der Waals surface area contributed by atoms with Crippen LogP contribution in [0.5, 0.6) is 0 Å². The molecule has 1 heterocycles. The second-order valence-electron chi connectivity index (χ2n) is 4.46. The van der Waals surface area contributed by atoms with Crippen molar-refractivity contribution < 1.29 is 9.63 Å². The van der Waals surface area contributed by atoms with Crippen molar-refractivity contribution >= 4 is 17.5 Å². The van der Waals surface area contributed by atoms with Crippen molar-refractivity contribution in [3.8, 4) is 0 Å². The van der Waals surface area contributed by atoms with Crippen LogP contribution in [-0.4, -0.2) is 25.6 Å². The van der Waals surface area contributed by atoms with Gasteiger partial charge < -0.3 is 5.32 Å². The van der Waals surface area contributed by atoms with Gasteiger partial charge in [-0.05, 0) is 49.6 Å². The van der Waals surface area contributed by atoms with E-state index in [9.17, 15) is 4.79 Å². The second kappa shape index (κ2) is 6.73. The third-order valence-electron chi connectivity index (χ3n) is 2.99. The Balaban J connectivity index is 1.72. The molecule has 0 saturated carbocycles. The number of piperidine rings is 1. The van der Waals surface area contributed by atoms with Gasteiger partial charge in [0.15, 0.2) is 0 Å². The quantitative estimate of drug-likeness (QED) is 0.822. The smallest absolute Gasteiger partial charge is 0.274 e. The maximum Gasteiger partial charge on any atom is 0.274 e. The van der Waals surface area contributed by atoms with Gasteiger partial charge in [-0.1, -0.05) is 11.6 Å². The SMILES string of the molecule is O=C(NOCC1CCCNC1)c1ccc(Cl)cc1. The Hall–Kier alpha value is -1.10. The van der Waals surface area contributed by atoms with Gasteiger partial charge in [0.25, 0.3) is 5.91 Å². The Morgan fingerprint density at radius 3 is 2.89 bits per heavy atom. The first-order valence-corrected chi connectivity index (χ1v) is 6.52. The Morgan fingerprint density at radius 1 is 1.44 bits per heavy atom. The van der Waals surface area contributed by atoms with Gasteiger partial charge in [0.1, 0.15) is 0 Å². The summed E-state index contributed by atoms with van der Waals surface area (Å²) >= 11 is 5.75. The Bertz CT molecular complexity index is 388. The summed E-state index contributed by atoms with van der Waals surface area (Å²) in [7, 11) is 0. The van der Waals surface area contributed by atoms with Crippen LogP contribution < -0.4 is 10.8 Å². The molecule has 0 spiro atoms. The molecule has 1 amide bonds. The third kappa shape index (κ3) is 3.98. The molecule has 0 aromatic heterocycles. The molecule has 2 rings (SSSR count). The molecule has 1 saturated heterocycles. The van der Waals surface area contributed by atoms with Crippen molar-refractivity contribution in [2.45, 2.75) is 12.8 Å². The number of benzene rings is 1. The highest BCUT2D eigenvalue weighted by Crippen LogP contribution is 2.11. The number of amides is 1. The van der Waals surface area contributed by atoms with Gasteiger partial charge in [0.2, 0.25) is 0 Å². The molecule has 1 aliphatic heterocycles. The van der Waals surface area contributed by atoms with Crippen molar-refractivity contribution in [1.82, 2.24) is 10.8 Å². The molecule has 1 atom stereocenters. The van der Waals surface area contributed by atoms with E-state index in [1.54, 1.807) is 24.3 Å². The fourth-order valence-electron chi connectivity index (χ4n) is 1.95. The molecule has 1 aliphatic rings. The molecule has 1 unspecified atom stereocenters. The zero-order valence-corrected chi connectivity index (χ0v) is 10.9. The lowest BCUT2D eigenvalue weighted by atomic mass is 10.0. The van der Waals surface area contributed by atoms with Crippen molar-refractivity contribution in [2.24, 2.45) is 5.92 Å². The molecule has 1 aromatic rings. The van der Waals surface area contributed by atoms with Crippen molar-refractivity contribution in [3.63, 3.8) is 0 Å². The summed E-state index contributed by atoms with van der Waals surface area (Å²) in [6.07, 6.45) is 2.31. The van der Waals surface area contributed by atoms with E-state index in [1.807, 2.05) is 0 Å². The first-order chi connectivity index (χ1) is 8.75. The maximum atomic E-state index is 11.7. The molecule has 18 heavy (non-hydrogen) atoms. The Labute approximate surface area is 112 Å². The number of hydrogen-bond donors (Lipinski definition) is 2. The minimum atomic E-state index is -0.240. The first-order valence-electron chi connectivity index (χ1n) is 6.14. The lowest BCUT2D eigenvalue weighted by Crippen LogP contribution is -2.35. The average Bonchev–Trinajstić information content (AvgIpc) is 2.40. The van der Waals surface area contributed by atoms with Crippen LogP contribution in [0.25, 0.3) is 0 Å². The van der Waals surface area contributed by atoms with Gasteiger partial charge in [0, 0.05) is 17.1 Å². The first kappa shape index (κ1) is 13.3. The molecule has 1 fully saturated rings. The van der Waals surface area contributed by atoms with Gasteiger partial charge in [-0.2, -0.15) is 0 Å². The van der Waals surface area contributed by atoms with Crippen LogP contribution >= 0.6 is 11.6 Å². The van der Waals surface area contributed by atoms with E-state index in [2.05, 4.69) is 10.8 Å². The molecule has 5 heteroatoms.